The molecular formula is C45H89N3. The Morgan fingerprint density at radius 3 is 1.50 bits per heavy atom. The molecule has 4 atom stereocenters. The van der Waals surface area contributed by atoms with Crippen LogP contribution in [0.2, 0.25) is 0 Å². The largest absolute Gasteiger partial charge is 0.298 e. The maximum atomic E-state index is 2.69. The SMILES string of the molecule is CC(C)=C1CCC[C@@]1(C)C(C)C.CC(C)=C1CCC[C@H]1C(C)C.CC(C)C(C)[C@@H]1CCCN1C(C)C.CC(C)N1CCCCN1C(C)C. The molecule has 4 fully saturated rings. The van der Waals surface area contributed by atoms with Crippen molar-refractivity contribution in [2.24, 2.45) is 35.0 Å². The normalized spacial score (nSPS) is 26.2. The molecule has 3 nitrogen and oxygen atoms in total. The van der Waals surface area contributed by atoms with Crippen LogP contribution in [0.15, 0.2) is 22.3 Å². The summed E-state index contributed by atoms with van der Waals surface area (Å²) >= 11 is 0. The summed E-state index contributed by atoms with van der Waals surface area (Å²) in [5.41, 5.74) is 7.13. The monoisotopic (exact) mass is 672 g/mol. The van der Waals surface area contributed by atoms with Gasteiger partial charge in [0, 0.05) is 37.3 Å². The number of likely N-dealkylation sites (tertiary alicyclic amines) is 1. The first kappa shape index (κ1) is 45.4. The van der Waals surface area contributed by atoms with Crippen molar-refractivity contribution in [2.45, 2.75) is 213 Å². The van der Waals surface area contributed by atoms with Crippen molar-refractivity contribution >= 4 is 0 Å². The van der Waals surface area contributed by atoms with Crippen LogP contribution < -0.4 is 0 Å². The average Bonchev–Trinajstić information content (AvgIpc) is 3.78. The molecule has 0 aromatic carbocycles. The van der Waals surface area contributed by atoms with Crippen LogP contribution in [0.5, 0.6) is 0 Å². The van der Waals surface area contributed by atoms with Gasteiger partial charge in [-0.2, -0.15) is 0 Å². The molecule has 0 bridgehead atoms. The lowest BCUT2D eigenvalue weighted by molar-refractivity contribution is -0.0952. The lowest BCUT2D eigenvalue weighted by atomic mass is 9.73. The smallest absolute Gasteiger partial charge is 0.0189 e. The maximum absolute atomic E-state index is 2.69. The average molecular weight is 672 g/mol. The van der Waals surface area contributed by atoms with Gasteiger partial charge in [0.05, 0.1) is 0 Å². The summed E-state index contributed by atoms with van der Waals surface area (Å²) in [4.78, 5) is 2.69. The van der Waals surface area contributed by atoms with Gasteiger partial charge >= 0.3 is 0 Å². The second kappa shape index (κ2) is 21.7. The molecule has 2 saturated carbocycles. The van der Waals surface area contributed by atoms with Gasteiger partial charge in [0.25, 0.3) is 0 Å². The quantitative estimate of drug-likeness (QED) is 0.249. The van der Waals surface area contributed by atoms with E-state index in [4.69, 9.17) is 0 Å². The summed E-state index contributed by atoms with van der Waals surface area (Å²) < 4.78 is 0. The predicted octanol–water partition coefficient (Wildman–Crippen LogP) is 13.2. The standard InChI is InChI=1S/C12H25N.C12H22.C11H20.C10H22N2/c1-9(2)11(5)12-7-6-8-13(12)10(3)4;1-9(2)11-7-6-8-12(11,5)10(3)4;1-8(2)10-6-5-7-11(10)9(3)4;1-9(2)11-7-5-6-8-12(11)10(3)4/h9-12H,6-8H2,1-5H3;10H,6-8H2,1-5H3;8,10H,5-7H2,1-4H3;9-10H,5-8H2,1-4H3/t11?,12-;12-;10-;/m000./s1. The molecule has 48 heavy (non-hydrogen) atoms. The highest BCUT2D eigenvalue weighted by Crippen LogP contribution is 2.49. The Morgan fingerprint density at radius 1 is 0.604 bits per heavy atom. The van der Waals surface area contributed by atoms with Crippen LogP contribution >= 0.6 is 0 Å². The van der Waals surface area contributed by atoms with E-state index < -0.39 is 0 Å². The zero-order valence-corrected chi connectivity index (χ0v) is 36.2. The summed E-state index contributed by atoms with van der Waals surface area (Å²) in [6.07, 6.45) is 13.9. The molecule has 2 saturated heterocycles. The van der Waals surface area contributed by atoms with Gasteiger partial charge in [-0.25, -0.2) is 10.0 Å². The lowest BCUT2D eigenvalue weighted by Crippen LogP contribution is -2.53. The van der Waals surface area contributed by atoms with Crippen molar-refractivity contribution in [3.05, 3.63) is 22.3 Å². The van der Waals surface area contributed by atoms with Crippen molar-refractivity contribution in [3.63, 3.8) is 0 Å². The minimum Gasteiger partial charge on any atom is -0.298 e. The Labute approximate surface area is 304 Å². The highest BCUT2D eigenvalue weighted by molar-refractivity contribution is 5.23. The number of hydrogen-bond donors (Lipinski definition) is 0. The van der Waals surface area contributed by atoms with Crippen molar-refractivity contribution in [1.29, 1.82) is 0 Å². The molecule has 284 valence electrons. The van der Waals surface area contributed by atoms with Crippen LogP contribution in [0, 0.1) is 35.0 Å². The minimum absolute atomic E-state index is 0.513. The van der Waals surface area contributed by atoms with Crippen molar-refractivity contribution in [2.75, 3.05) is 19.6 Å². The number of allylic oxidation sites excluding steroid dienone is 4. The van der Waals surface area contributed by atoms with Crippen LogP contribution in [0.3, 0.4) is 0 Å². The molecule has 0 spiro atoms. The zero-order valence-electron chi connectivity index (χ0n) is 36.2. The van der Waals surface area contributed by atoms with E-state index in [1.807, 2.05) is 0 Å². The van der Waals surface area contributed by atoms with Gasteiger partial charge in [-0.05, 0) is 175 Å². The first-order valence-corrected chi connectivity index (χ1v) is 20.9. The molecule has 1 unspecified atom stereocenters. The molecule has 2 aliphatic carbocycles. The maximum Gasteiger partial charge on any atom is 0.0189 e. The Kier molecular flexibility index (Phi) is 20.5. The molecule has 0 N–H and O–H groups in total. The van der Waals surface area contributed by atoms with E-state index in [-0.39, 0.29) is 0 Å². The first-order valence-electron chi connectivity index (χ1n) is 20.9. The highest BCUT2D eigenvalue weighted by Gasteiger charge is 2.37. The fourth-order valence-electron chi connectivity index (χ4n) is 9.13. The Balaban J connectivity index is 0.000000320. The van der Waals surface area contributed by atoms with Crippen LogP contribution in [-0.2, 0) is 0 Å². The van der Waals surface area contributed by atoms with E-state index in [9.17, 15) is 0 Å². The van der Waals surface area contributed by atoms with Gasteiger partial charge in [-0.3, -0.25) is 4.90 Å². The van der Waals surface area contributed by atoms with Crippen molar-refractivity contribution < 1.29 is 0 Å². The molecule has 0 aromatic heterocycles. The number of rotatable bonds is 7. The van der Waals surface area contributed by atoms with Crippen molar-refractivity contribution in [1.82, 2.24) is 14.9 Å². The molecule has 2 aliphatic heterocycles. The summed E-state index contributed by atoms with van der Waals surface area (Å²) in [6.45, 7) is 45.6. The third-order valence-corrected chi connectivity index (χ3v) is 12.8. The lowest BCUT2D eigenvalue weighted by Gasteiger charge is -2.43. The van der Waals surface area contributed by atoms with Gasteiger partial charge in [0.2, 0.25) is 0 Å². The minimum atomic E-state index is 0.513. The fraction of sp³-hybridized carbons (Fsp3) is 0.911. The Bertz CT molecular complexity index is 929. The van der Waals surface area contributed by atoms with Gasteiger partial charge in [-0.1, -0.05) is 77.7 Å². The molecule has 0 amide bonds. The molecule has 3 heteroatoms. The molecule has 4 rings (SSSR count). The van der Waals surface area contributed by atoms with Gasteiger partial charge in [-0.15, -0.1) is 0 Å². The predicted molar refractivity (Wildman–Crippen MR) is 218 cm³/mol. The van der Waals surface area contributed by atoms with Crippen molar-refractivity contribution in [3.8, 4) is 0 Å². The number of hydrogen-bond acceptors (Lipinski definition) is 3. The van der Waals surface area contributed by atoms with Crippen LogP contribution in [-0.4, -0.2) is 58.7 Å². The second-order valence-electron chi connectivity index (χ2n) is 18.5. The summed E-state index contributed by atoms with van der Waals surface area (Å²) in [5, 5.41) is 5.02. The number of hydrazine groups is 1. The van der Waals surface area contributed by atoms with Gasteiger partial charge in [0.15, 0.2) is 0 Å². The van der Waals surface area contributed by atoms with Crippen LogP contribution in [0.25, 0.3) is 0 Å². The zero-order chi connectivity index (χ0) is 36.9. The van der Waals surface area contributed by atoms with Gasteiger partial charge < -0.3 is 0 Å². The summed E-state index contributed by atoms with van der Waals surface area (Å²) in [5.74, 6) is 4.22. The van der Waals surface area contributed by atoms with E-state index >= 15 is 0 Å². The fourth-order valence-corrected chi connectivity index (χ4v) is 9.13. The van der Waals surface area contributed by atoms with E-state index in [0.717, 1.165) is 41.7 Å². The third-order valence-electron chi connectivity index (χ3n) is 12.8. The van der Waals surface area contributed by atoms with E-state index in [1.54, 1.807) is 22.3 Å². The highest BCUT2D eigenvalue weighted by atomic mass is 15.6. The molecule has 2 heterocycles. The topological polar surface area (TPSA) is 9.72 Å². The summed E-state index contributed by atoms with van der Waals surface area (Å²) in [6, 6.07) is 2.90. The molecule has 4 aliphatic rings. The van der Waals surface area contributed by atoms with Crippen LogP contribution in [0.4, 0.5) is 0 Å². The Hall–Kier alpha value is -0.640. The number of nitrogens with zero attached hydrogens (tertiary/aromatic N) is 3. The molecule has 0 radical (unpaired) electrons. The van der Waals surface area contributed by atoms with E-state index in [2.05, 4.69) is 140 Å². The molecular weight excluding hydrogens is 583 g/mol. The second-order valence-corrected chi connectivity index (χ2v) is 18.5. The first-order chi connectivity index (χ1) is 22.3. The third kappa shape index (κ3) is 13.5. The Morgan fingerprint density at radius 2 is 1.15 bits per heavy atom. The van der Waals surface area contributed by atoms with Crippen LogP contribution in [0.1, 0.15) is 189 Å². The van der Waals surface area contributed by atoms with E-state index in [0.29, 0.717) is 17.5 Å². The van der Waals surface area contributed by atoms with Gasteiger partial charge in [0.1, 0.15) is 0 Å². The van der Waals surface area contributed by atoms with E-state index in [1.165, 1.54) is 83.8 Å². The molecule has 0 aromatic rings. The summed E-state index contributed by atoms with van der Waals surface area (Å²) in [7, 11) is 0.